The van der Waals surface area contributed by atoms with Gasteiger partial charge in [-0.3, -0.25) is 14.5 Å². The molecule has 1 aromatic rings. The van der Waals surface area contributed by atoms with Gasteiger partial charge in [-0.2, -0.15) is 0 Å². The molecule has 1 aromatic carbocycles. The second-order valence-electron chi connectivity index (χ2n) is 4.35. The molecule has 5 heteroatoms. The van der Waals surface area contributed by atoms with Crippen LogP contribution in [0.4, 0.5) is 0 Å². The number of rotatable bonds is 3. The Hall–Kier alpha value is -1.75. The topological polar surface area (TPSA) is 63.4 Å². The molecule has 18 heavy (non-hydrogen) atoms. The van der Waals surface area contributed by atoms with Crippen LogP contribution < -0.4 is 5.73 Å². The molecular weight excluding hydrogens is 248 g/mol. The fourth-order valence-electron chi connectivity index (χ4n) is 2.13. The molecular formula is C13H14N2O2S. The van der Waals surface area contributed by atoms with Crippen LogP contribution in [-0.2, 0) is 9.59 Å². The number of hydrogen-bond donors (Lipinski definition) is 1. The minimum Gasteiger partial charge on any atom is -0.392 e. The number of hydrogen-bond acceptors (Lipinski definition) is 3. The quantitative estimate of drug-likeness (QED) is 0.657. The van der Waals surface area contributed by atoms with Gasteiger partial charge in [-0.05, 0) is 12.5 Å². The maximum absolute atomic E-state index is 12.3. The maximum atomic E-state index is 12.3. The minimum absolute atomic E-state index is 0.158. The van der Waals surface area contributed by atoms with E-state index in [0.717, 1.165) is 5.56 Å². The van der Waals surface area contributed by atoms with E-state index in [1.165, 1.54) is 4.90 Å². The van der Waals surface area contributed by atoms with Crippen molar-refractivity contribution >= 4 is 29.0 Å². The largest absolute Gasteiger partial charge is 0.392 e. The Morgan fingerprint density at radius 3 is 2.56 bits per heavy atom. The average Bonchev–Trinajstić information content (AvgIpc) is 2.65. The second kappa shape index (κ2) is 4.86. The van der Waals surface area contributed by atoms with Crippen LogP contribution in [0, 0.1) is 0 Å². The highest BCUT2D eigenvalue weighted by Gasteiger charge is 2.42. The van der Waals surface area contributed by atoms with E-state index in [2.05, 4.69) is 0 Å². The normalized spacial score (nSPS) is 21.2. The monoisotopic (exact) mass is 262 g/mol. The van der Waals surface area contributed by atoms with Crippen molar-refractivity contribution in [1.82, 2.24) is 4.90 Å². The fraction of sp³-hybridized carbons (Fsp3) is 0.308. The first-order chi connectivity index (χ1) is 8.52. The third-order valence-electron chi connectivity index (χ3n) is 3.18. The highest BCUT2D eigenvalue weighted by atomic mass is 32.1. The lowest BCUT2D eigenvalue weighted by molar-refractivity contribution is -0.139. The molecule has 1 saturated heterocycles. The van der Waals surface area contributed by atoms with Gasteiger partial charge < -0.3 is 5.73 Å². The van der Waals surface area contributed by atoms with Crippen LogP contribution in [0.5, 0.6) is 0 Å². The first-order valence-electron chi connectivity index (χ1n) is 5.72. The third-order valence-corrected chi connectivity index (χ3v) is 3.53. The van der Waals surface area contributed by atoms with Gasteiger partial charge in [0, 0.05) is 6.42 Å². The van der Waals surface area contributed by atoms with Gasteiger partial charge in [0.15, 0.2) is 0 Å². The summed E-state index contributed by atoms with van der Waals surface area (Å²) in [5, 5.41) is 0. The van der Waals surface area contributed by atoms with E-state index in [0.29, 0.717) is 0 Å². The van der Waals surface area contributed by atoms with Gasteiger partial charge in [-0.1, -0.05) is 42.5 Å². The van der Waals surface area contributed by atoms with Gasteiger partial charge in [0.1, 0.15) is 0 Å². The number of benzene rings is 1. The lowest BCUT2D eigenvalue weighted by Gasteiger charge is -2.21. The van der Waals surface area contributed by atoms with E-state index in [4.69, 9.17) is 18.0 Å². The predicted molar refractivity (Wildman–Crippen MR) is 71.9 cm³/mol. The summed E-state index contributed by atoms with van der Waals surface area (Å²) >= 11 is 4.85. The summed E-state index contributed by atoms with van der Waals surface area (Å²) < 4.78 is 0. The first-order valence-corrected chi connectivity index (χ1v) is 6.13. The van der Waals surface area contributed by atoms with Crippen LogP contribution >= 0.6 is 12.2 Å². The Balaban J connectivity index is 2.27. The molecule has 2 rings (SSSR count). The Morgan fingerprint density at radius 1 is 1.39 bits per heavy atom. The maximum Gasteiger partial charge on any atom is 0.237 e. The van der Waals surface area contributed by atoms with E-state index < -0.39 is 12.0 Å². The summed E-state index contributed by atoms with van der Waals surface area (Å²) in [5.74, 6) is -0.837. The molecule has 1 aliphatic heterocycles. The van der Waals surface area contributed by atoms with E-state index >= 15 is 0 Å². The lowest BCUT2D eigenvalue weighted by atomic mass is 9.98. The molecule has 1 aliphatic rings. The number of likely N-dealkylation sites (tertiary alicyclic amines) is 1. The third kappa shape index (κ3) is 2.13. The van der Waals surface area contributed by atoms with E-state index in [1.54, 1.807) is 6.92 Å². The molecule has 2 amide bonds. The molecule has 0 bridgehead atoms. The van der Waals surface area contributed by atoms with E-state index in [1.807, 2.05) is 30.3 Å². The molecule has 0 spiro atoms. The molecule has 0 aliphatic carbocycles. The zero-order valence-electron chi connectivity index (χ0n) is 10.00. The SMILES string of the molecule is CC(C(N)=S)N1C(=O)CC(c2ccccc2)C1=O. The van der Waals surface area contributed by atoms with Crippen LogP contribution in [0.1, 0.15) is 24.8 Å². The molecule has 4 nitrogen and oxygen atoms in total. The molecule has 0 aromatic heterocycles. The molecule has 1 heterocycles. The van der Waals surface area contributed by atoms with Crippen molar-refractivity contribution in [2.24, 2.45) is 5.73 Å². The molecule has 2 unspecified atom stereocenters. The van der Waals surface area contributed by atoms with Crippen molar-refractivity contribution in [3.8, 4) is 0 Å². The fourth-order valence-corrected chi connectivity index (χ4v) is 2.24. The van der Waals surface area contributed by atoms with Crippen LogP contribution in [0.25, 0.3) is 0 Å². The highest BCUT2D eigenvalue weighted by Crippen LogP contribution is 2.30. The Bertz CT molecular complexity index is 501. The van der Waals surface area contributed by atoms with Crippen molar-refractivity contribution in [1.29, 1.82) is 0 Å². The Labute approximate surface area is 111 Å². The molecule has 2 atom stereocenters. The summed E-state index contributed by atoms with van der Waals surface area (Å²) in [7, 11) is 0. The predicted octanol–water partition coefficient (Wildman–Crippen LogP) is 1.20. The van der Waals surface area contributed by atoms with Crippen molar-refractivity contribution in [2.45, 2.75) is 25.3 Å². The minimum atomic E-state index is -0.520. The van der Waals surface area contributed by atoms with Crippen LogP contribution in [0.3, 0.4) is 0 Å². The van der Waals surface area contributed by atoms with Crippen molar-refractivity contribution in [2.75, 3.05) is 0 Å². The average molecular weight is 262 g/mol. The summed E-state index contributed by atoms with van der Waals surface area (Å²) in [6, 6.07) is 8.77. The van der Waals surface area contributed by atoms with Crippen molar-refractivity contribution < 1.29 is 9.59 Å². The van der Waals surface area contributed by atoms with Gasteiger partial charge in [0.05, 0.1) is 16.9 Å². The standard InChI is InChI=1S/C13H14N2O2S/c1-8(12(14)18)15-11(16)7-10(13(15)17)9-5-3-2-4-6-9/h2-6,8,10H,7H2,1H3,(H2,14,18). The van der Waals surface area contributed by atoms with Gasteiger partial charge in [-0.25, -0.2) is 0 Å². The second-order valence-corrected chi connectivity index (χ2v) is 4.82. The number of nitrogens with zero attached hydrogens (tertiary/aromatic N) is 1. The van der Waals surface area contributed by atoms with Gasteiger partial charge in [-0.15, -0.1) is 0 Å². The summed E-state index contributed by atoms with van der Waals surface area (Å²) in [6.07, 6.45) is 0.190. The summed E-state index contributed by atoms with van der Waals surface area (Å²) in [4.78, 5) is 25.5. The van der Waals surface area contributed by atoms with Crippen molar-refractivity contribution in [3.63, 3.8) is 0 Å². The number of nitrogens with two attached hydrogens (primary N) is 1. The van der Waals surface area contributed by atoms with Gasteiger partial charge in [0.25, 0.3) is 0 Å². The number of imide groups is 1. The zero-order chi connectivity index (χ0) is 13.3. The first kappa shape index (κ1) is 12.7. The van der Waals surface area contributed by atoms with Gasteiger partial charge >= 0.3 is 0 Å². The molecule has 0 saturated carbocycles. The summed E-state index contributed by atoms with van der Waals surface area (Å²) in [6.45, 7) is 1.67. The number of carbonyl (C=O) groups is 2. The van der Waals surface area contributed by atoms with Gasteiger partial charge in [0.2, 0.25) is 11.8 Å². The number of thiocarbonyl (C=S) groups is 1. The van der Waals surface area contributed by atoms with Crippen LogP contribution in [0.2, 0.25) is 0 Å². The number of carbonyl (C=O) groups excluding carboxylic acids is 2. The molecule has 2 N–H and O–H groups in total. The lowest BCUT2D eigenvalue weighted by Crippen LogP contribution is -2.45. The van der Waals surface area contributed by atoms with Crippen molar-refractivity contribution in [3.05, 3.63) is 35.9 Å². The van der Waals surface area contributed by atoms with E-state index in [-0.39, 0.29) is 23.2 Å². The smallest absolute Gasteiger partial charge is 0.237 e. The summed E-state index contributed by atoms with van der Waals surface area (Å²) in [5.41, 5.74) is 6.36. The molecule has 0 radical (unpaired) electrons. The Kier molecular flexibility index (Phi) is 3.43. The van der Waals surface area contributed by atoms with Crippen LogP contribution in [-0.4, -0.2) is 27.7 Å². The van der Waals surface area contributed by atoms with E-state index in [9.17, 15) is 9.59 Å². The number of amides is 2. The zero-order valence-corrected chi connectivity index (χ0v) is 10.8. The highest BCUT2D eigenvalue weighted by molar-refractivity contribution is 7.80. The van der Waals surface area contributed by atoms with Crippen LogP contribution in [0.15, 0.2) is 30.3 Å². The molecule has 1 fully saturated rings. The Morgan fingerprint density at radius 2 is 2.00 bits per heavy atom. The molecule has 94 valence electrons.